The zero-order valence-electron chi connectivity index (χ0n) is 14.9. The lowest BCUT2D eigenvalue weighted by molar-refractivity contribution is -0.137. The molecule has 2 rings (SSSR count). The second-order valence-corrected chi connectivity index (χ2v) is 6.46. The Labute approximate surface area is 158 Å². The summed E-state index contributed by atoms with van der Waals surface area (Å²) in [5, 5.41) is 5.76. The minimum absolute atomic E-state index is 0.0473. The zero-order valence-corrected chi connectivity index (χ0v) is 15.7. The molecule has 2 aromatic rings. The van der Waals surface area contributed by atoms with Crippen molar-refractivity contribution in [3.63, 3.8) is 0 Å². The molecule has 1 amide bonds. The number of halogens is 3. The van der Waals surface area contributed by atoms with Gasteiger partial charge in [-0.3, -0.25) is 4.79 Å². The normalized spacial score (nSPS) is 11.2. The van der Waals surface area contributed by atoms with Gasteiger partial charge in [0.2, 0.25) is 11.9 Å². The van der Waals surface area contributed by atoms with Crippen LogP contribution in [0.5, 0.6) is 0 Å². The molecule has 0 bridgehead atoms. The van der Waals surface area contributed by atoms with Crippen molar-refractivity contribution in [2.45, 2.75) is 11.2 Å². The second kappa shape index (κ2) is 8.33. The monoisotopic (exact) mass is 400 g/mol. The quantitative estimate of drug-likeness (QED) is 0.507. The van der Waals surface area contributed by atoms with Crippen LogP contribution in [0.2, 0.25) is 0 Å². The summed E-state index contributed by atoms with van der Waals surface area (Å²) in [7, 11) is 3.53. The number of nitrogens with zero attached hydrogens (tertiary/aromatic N) is 3. The lowest BCUT2D eigenvalue weighted by Crippen LogP contribution is -2.24. The van der Waals surface area contributed by atoms with Crippen LogP contribution in [0.3, 0.4) is 0 Å². The molecule has 0 aliphatic carbocycles. The number of nitrogen functional groups attached to an aromatic ring is 1. The van der Waals surface area contributed by atoms with Crippen LogP contribution in [-0.4, -0.2) is 42.8 Å². The number of aromatic nitrogens is 2. The summed E-state index contributed by atoms with van der Waals surface area (Å²) in [4.78, 5) is 22.3. The van der Waals surface area contributed by atoms with Crippen LogP contribution in [0.15, 0.2) is 29.3 Å². The number of benzene rings is 1. The molecule has 4 N–H and O–H groups in total. The predicted octanol–water partition coefficient (Wildman–Crippen LogP) is 2.92. The number of nitrogens with two attached hydrogens (primary N) is 1. The first-order chi connectivity index (χ1) is 12.6. The van der Waals surface area contributed by atoms with Gasteiger partial charge in [0, 0.05) is 19.8 Å². The summed E-state index contributed by atoms with van der Waals surface area (Å²) in [5.74, 6) is 0.149. The van der Waals surface area contributed by atoms with Crippen LogP contribution in [0.25, 0.3) is 0 Å². The van der Waals surface area contributed by atoms with Crippen LogP contribution >= 0.6 is 11.8 Å². The maximum atomic E-state index is 12.7. The molecule has 0 aliphatic rings. The molecule has 11 heteroatoms. The van der Waals surface area contributed by atoms with Crippen molar-refractivity contribution in [1.82, 2.24) is 9.97 Å². The number of thioether (sulfide) groups is 1. The average Bonchev–Trinajstić information content (AvgIpc) is 2.60. The first kappa shape index (κ1) is 20.6. The van der Waals surface area contributed by atoms with E-state index in [0.29, 0.717) is 16.7 Å². The Morgan fingerprint density at radius 2 is 2.00 bits per heavy atom. The van der Waals surface area contributed by atoms with Crippen molar-refractivity contribution in [3.05, 3.63) is 29.8 Å². The Morgan fingerprint density at radius 1 is 1.30 bits per heavy atom. The van der Waals surface area contributed by atoms with E-state index >= 15 is 0 Å². The highest BCUT2D eigenvalue weighted by Crippen LogP contribution is 2.31. The molecule has 0 aliphatic heterocycles. The Kier molecular flexibility index (Phi) is 6.37. The highest BCUT2D eigenvalue weighted by molar-refractivity contribution is 7.98. The van der Waals surface area contributed by atoms with E-state index in [1.165, 1.54) is 23.9 Å². The molecule has 0 radical (unpaired) electrons. The fraction of sp³-hybridized carbons (Fsp3) is 0.312. The smallest absolute Gasteiger partial charge is 0.394 e. The number of alkyl halides is 3. The molecular weight excluding hydrogens is 381 g/mol. The van der Waals surface area contributed by atoms with E-state index in [-0.39, 0.29) is 18.1 Å². The van der Waals surface area contributed by atoms with Crippen molar-refractivity contribution in [2.24, 2.45) is 0 Å². The van der Waals surface area contributed by atoms with E-state index in [0.717, 1.165) is 12.1 Å². The van der Waals surface area contributed by atoms with Gasteiger partial charge >= 0.3 is 6.18 Å². The molecule has 0 unspecified atom stereocenters. The third-order valence-corrected chi connectivity index (χ3v) is 4.08. The molecule has 0 saturated carbocycles. The second-order valence-electron chi connectivity index (χ2n) is 5.67. The summed E-state index contributed by atoms with van der Waals surface area (Å²) in [5.41, 5.74) is 5.49. The SMILES string of the molecule is CSc1nc(N(C)C)nc(NCC(=O)Nc2cccc(C(F)(F)F)c2)c1N. The Hall–Kier alpha value is -2.69. The molecule has 0 spiro atoms. The molecule has 0 atom stereocenters. The summed E-state index contributed by atoms with van der Waals surface area (Å²) in [6.07, 6.45) is -2.67. The zero-order chi connectivity index (χ0) is 20.2. The van der Waals surface area contributed by atoms with Crippen molar-refractivity contribution >= 4 is 40.8 Å². The van der Waals surface area contributed by atoms with Crippen LogP contribution in [0, 0.1) is 0 Å². The highest BCUT2D eigenvalue weighted by atomic mass is 32.2. The van der Waals surface area contributed by atoms with Gasteiger partial charge in [-0.05, 0) is 24.5 Å². The summed E-state index contributed by atoms with van der Waals surface area (Å²) in [6.45, 7) is -0.224. The molecule has 0 fully saturated rings. The number of anilines is 4. The van der Waals surface area contributed by atoms with Gasteiger partial charge in [0.25, 0.3) is 0 Å². The van der Waals surface area contributed by atoms with E-state index in [9.17, 15) is 18.0 Å². The van der Waals surface area contributed by atoms with Crippen LogP contribution < -0.4 is 21.3 Å². The fourth-order valence-electron chi connectivity index (χ4n) is 2.07. The lowest BCUT2D eigenvalue weighted by atomic mass is 10.2. The van der Waals surface area contributed by atoms with Crippen LogP contribution in [0.1, 0.15) is 5.56 Å². The number of hydrogen-bond acceptors (Lipinski definition) is 7. The van der Waals surface area contributed by atoms with Gasteiger partial charge < -0.3 is 21.3 Å². The number of rotatable bonds is 6. The fourth-order valence-corrected chi connectivity index (χ4v) is 2.56. The predicted molar refractivity (Wildman–Crippen MR) is 101 cm³/mol. The van der Waals surface area contributed by atoms with Crippen molar-refractivity contribution in [3.8, 4) is 0 Å². The Morgan fingerprint density at radius 3 is 2.59 bits per heavy atom. The standard InChI is InChI=1S/C16H19F3N6OS/c1-25(2)15-23-13(12(20)14(24-15)27-3)21-8-11(26)22-10-6-4-5-9(7-10)16(17,18)19/h4-7H,8,20H2,1-3H3,(H,22,26)(H,21,23,24). The Balaban J connectivity index is 2.09. The van der Waals surface area contributed by atoms with Gasteiger partial charge in [-0.2, -0.15) is 18.2 Å². The van der Waals surface area contributed by atoms with E-state index in [2.05, 4.69) is 20.6 Å². The number of carbonyl (C=O) groups is 1. The van der Waals surface area contributed by atoms with Gasteiger partial charge in [0.05, 0.1) is 12.1 Å². The molecule has 1 aromatic carbocycles. The van der Waals surface area contributed by atoms with E-state index in [1.54, 1.807) is 19.0 Å². The van der Waals surface area contributed by atoms with Gasteiger partial charge in [-0.1, -0.05) is 6.07 Å². The topological polar surface area (TPSA) is 96.2 Å². The Bertz CT molecular complexity index is 828. The van der Waals surface area contributed by atoms with Gasteiger partial charge in [-0.15, -0.1) is 11.8 Å². The van der Waals surface area contributed by atoms with Gasteiger partial charge in [0.1, 0.15) is 10.7 Å². The summed E-state index contributed by atoms with van der Waals surface area (Å²) < 4.78 is 38.2. The lowest BCUT2D eigenvalue weighted by Gasteiger charge is -2.16. The van der Waals surface area contributed by atoms with Crippen molar-refractivity contribution in [2.75, 3.05) is 48.2 Å². The van der Waals surface area contributed by atoms with E-state index < -0.39 is 17.6 Å². The van der Waals surface area contributed by atoms with Gasteiger partial charge in [0.15, 0.2) is 5.82 Å². The first-order valence-electron chi connectivity index (χ1n) is 7.71. The molecular formula is C16H19F3N6OS. The molecule has 1 aromatic heterocycles. The number of amides is 1. The molecule has 1 heterocycles. The van der Waals surface area contributed by atoms with Crippen LogP contribution in [0.4, 0.5) is 36.3 Å². The van der Waals surface area contributed by atoms with E-state index in [1.807, 2.05) is 6.26 Å². The molecule has 27 heavy (non-hydrogen) atoms. The number of hydrogen-bond donors (Lipinski definition) is 3. The highest BCUT2D eigenvalue weighted by Gasteiger charge is 2.30. The first-order valence-corrected chi connectivity index (χ1v) is 8.94. The minimum Gasteiger partial charge on any atom is -0.394 e. The summed E-state index contributed by atoms with van der Waals surface area (Å²) >= 11 is 1.33. The van der Waals surface area contributed by atoms with E-state index in [4.69, 9.17) is 5.73 Å². The summed E-state index contributed by atoms with van der Waals surface area (Å²) in [6, 6.07) is 4.40. The minimum atomic E-state index is -4.48. The average molecular weight is 400 g/mol. The third-order valence-electron chi connectivity index (χ3n) is 3.38. The van der Waals surface area contributed by atoms with Gasteiger partial charge in [-0.25, -0.2) is 4.98 Å². The van der Waals surface area contributed by atoms with Crippen LogP contribution in [-0.2, 0) is 11.0 Å². The largest absolute Gasteiger partial charge is 0.416 e. The van der Waals surface area contributed by atoms with Crippen molar-refractivity contribution in [1.29, 1.82) is 0 Å². The number of carbonyl (C=O) groups excluding carboxylic acids is 1. The third kappa shape index (κ3) is 5.39. The molecule has 146 valence electrons. The molecule has 0 saturated heterocycles. The maximum Gasteiger partial charge on any atom is 0.416 e. The van der Waals surface area contributed by atoms with Crippen molar-refractivity contribution < 1.29 is 18.0 Å². The molecule has 7 nitrogen and oxygen atoms in total. The number of nitrogens with one attached hydrogen (secondary N) is 2. The maximum absolute atomic E-state index is 12.7.